The van der Waals surface area contributed by atoms with Gasteiger partial charge in [0.05, 0.1) is 0 Å². The molecule has 8 aromatic carbocycles. The fraction of sp³-hybridized carbons (Fsp3) is 0.143. The zero-order valence-corrected chi connectivity index (χ0v) is 34.1. The van der Waals surface area contributed by atoms with Crippen molar-refractivity contribution in [2.75, 3.05) is 0 Å². The van der Waals surface area contributed by atoms with Crippen LogP contribution in [0.4, 0.5) is 0 Å². The molecule has 0 fully saturated rings. The van der Waals surface area contributed by atoms with E-state index in [0.29, 0.717) is 56.4 Å². The monoisotopic (exact) mass is 789 g/mol. The largest absolute Gasteiger partial charge is 0.456 e. The van der Waals surface area contributed by atoms with Gasteiger partial charge in [0.1, 0.15) is 23.0 Å². The van der Waals surface area contributed by atoms with Crippen LogP contribution in [0, 0.1) is 13.8 Å². The van der Waals surface area contributed by atoms with Gasteiger partial charge in [-0.3, -0.25) is 0 Å². The Bertz CT molecular complexity index is 3210. The minimum Gasteiger partial charge on any atom is -0.456 e. The first-order chi connectivity index (χ1) is 32.3. The molecule has 10 rings (SSSR count). The molecule has 2 unspecified atom stereocenters. The zero-order chi connectivity index (χ0) is 48.0. The van der Waals surface area contributed by atoms with Crippen molar-refractivity contribution >= 4 is 28.8 Å². The van der Waals surface area contributed by atoms with Gasteiger partial charge in [-0.15, -0.1) is 0 Å². The molecule has 0 saturated heterocycles. The minimum atomic E-state index is -3.48. The van der Waals surface area contributed by atoms with Gasteiger partial charge in [0, 0.05) is 56.5 Å². The quantitative estimate of drug-likeness (QED) is 0.123. The summed E-state index contributed by atoms with van der Waals surface area (Å²) in [4.78, 5) is 0. The second-order valence-electron chi connectivity index (χ2n) is 16.1. The van der Waals surface area contributed by atoms with Crippen molar-refractivity contribution in [3.05, 3.63) is 215 Å². The minimum absolute atomic E-state index is 0.104. The molecule has 0 saturated carbocycles. The topological polar surface area (TPSA) is 18.5 Å². The number of hydrogen-bond acceptors (Lipinski definition) is 2. The van der Waals surface area contributed by atoms with Crippen molar-refractivity contribution in [1.82, 2.24) is 0 Å². The van der Waals surface area contributed by atoms with E-state index >= 15 is 0 Å². The lowest BCUT2D eigenvalue weighted by Gasteiger charge is -2.37. The molecule has 0 aromatic heterocycles. The molecular weight excluding hydrogens is 733 g/mol. The number of ether oxygens (including phenoxy) is 2. The van der Waals surface area contributed by atoms with Crippen molar-refractivity contribution in [2.45, 2.75) is 52.2 Å². The maximum absolute atomic E-state index is 8.92. The van der Waals surface area contributed by atoms with Crippen LogP contribution in [-0.2, 0) is 10.8 Å². The molecule has 2 nitrogen and oxygen atoms in total. The Morgan fingerprint density at radius 3 is 1.31 bits per heavy atom. The van der Waals surface area contributed by atoms with E-state index in [2.05, 4.69) is 42.5 Å². The highest BCUT2D eigenvalue weighted by atomic mass is 28.3. The molecule has 288 valence electrons. The SMILES string of the molecule is [2H]C([2H])([2H])c1ccc([Si](c2ccccc2)(c2ccccc2)c2ccc(C)c(-c3cccc4c3Oc3ccccc3C4(C)C([2H])([2H])[2H])c2)cc1-c1cccc2c1Oc1ccccc1C2(C)C([2H])([2H])[2H]. The van der Waals surface area contributed by atoms with Crippen molar-refractivity contribution in [1.29, 1.82) is 0 Å². The standard InChI is InChI=1S/C56H48O2Si/c1-37-31-33-41(35-45(37)43-23-17-27-49-53(43)57-51-29-15-13-25-47(51)55(49,3)4)59(39-19-9-7-10-20-39,40-21-11-8-12-22-40)42-34-32-38(2)46(36-42)44-24-18-28-50-54(44)58-52-30-16-14-26-48(52)56(50,5)6/h7-36H,1-6H3/i1D3,3D3,5D3. The molecule has 0 N–H and O–H groups in total. The van der Waals surface area contributed by atoms with E-state index in [1.165, 1.54) is 0 Å². The van der Waals surface area contributed by atoms with Crippen molar-refractivity contribution < 1.29 is 21.8 Å². The third-order valence-electron chi connectivity index (χ3n) is 12.5. The molecule has 0 bridgehead atoms. The van der Waals surface area contributed by atoms with E-state index in [1.54, 1.807) is 56.3 Å². The number of rotatable bonds is 6. The van der Waals surface area contributed by atoms with Crippen LogP contribution in [0.5, 0.6) is 23.0 Å². The van der Waals surface area contributed by atoms with Gasteiger partial charge in [0.15, 0.2) is 8.07 Å². The Balaban J connectivity index is 1.27. The molecule has 2 heterocycles. The highest BCUT2D eigenvalue weighted by Crippen LogP contribution is 2.53. The van der Waals surface area contributed by atoms with Crippen LogP contribution in [0.25, 0.3) is 22.3 Å². The molecule has 0 radical (unpaired) electrons. The summed E-state index contributed by atoms with van der Waals surface area (Å²) in [6, 6.07) is 58.3. The predicted molar refractivity (Wildman–Crippen MR) is 248 cm³/mol. The number of aryl methyl sites for hydroxylation is 2. The van der Waals surface area contributed by atoms with Gasteiger partial charge < -0.3 is 9.47 Å². The summed E-state index contributed by atoms with van der Waals surface area (Å²) < 4.78 is 93.5. The molecule has 2 atom stereocenters. The maximum Gasteiger partial charge on any atom is 0.179 e. The normalized spacial score (nSPS) is 20.6. The average molecular weight is 790 g/mol. The van der Waals surface area contributed by atoms with Gasteiger partial charge >= 0.3 is 0 Å². The first-order valence-corrected chi connectivity index (χ1v) is 22.0. The van der Waals surface area contributed by atoms with Gasteiger partial charge in [-0.1, -0.05) is 197 Å². The van der Waals surface area contributed by atoms with Crippen LogP contribution in [0.1, 0.15) is 73.3 Å². The lowest BCUT2D eigenvalue weighted by Crippen LogP contribution is -2.74. The molecule has 0 aliphatic carbocycles. The van der Waals surface area contributed by atoms with E-state index in [0.717, 1.165) is 37.4 Å². The summed E-state index contributed by atoms with van der Waals surface area (Å²) >= 11 is 0. The lowest BCUT2D eigenvalue weighted by molar-refractivity contribution is 0.419. The number of hydrogen-bond donors (Lipinski definition) is 0. The lowest BCUT2D eigenvalue weighted by atomic mass is 9.74. The van der Waals surface area contributed by atoms with E-state index in [1.807, 2.05) is 104 Å². The molecular formula is C56H48O2Si. The van der Waals surface area contributed by atoms with Crippen molar-refractivity contribution in [3.8, 4) is 45.3 Å². The smallest absolute Gasteiger partial charge is 0.179 e. The Labute approximate surface area is 362 Å². The molecule has 3 heteroatoms. The molecule has 2 aliphatic rings. The number of fused-ring (bicyclic) bond motifs is 4. The average Bonchev–Trinajstić information content (AvgIpc) is 3.32. The van der Waals surface area contributed by atoms with Crippen molar-refractivity contribution in [2.24, 2.45) is 0 Å². The fourth-order valence-electron chi connectivity index (χ4n) is 9.48. The molecule has 59 heavy (non-hydrogen) atoms. The Kier molecular flexibility index (Phi) is 6.59. The summed E-state index contributed by atoms with van der Waals surface area (Å²) in [5, 5.41) is 3.96. The third kappa shape index (κ3) is 5.67. The van der Waals surface area contributed by atoms with Crippen LogP contribution in [0.2, 0.25) is 0 Å². The first-order valence-electron chi connectivity index (χ1n) is 24.5. The maximum atomic E-state index is 8.92. The second kappa shape index (κ2) is 13.9. The van der Waals surface area contributed by atoms with Crippen LogP contribution in [0.15, 0.2) is 182 Å². The highest BCUT2D eigenvalue weighted by Gasteiger charge is 2.43. The molecule has 0 amide bonds. The number of benzene rings is 8. The summed E-state index contributed by atoms with van der Waals surface area (Å²) in [5.41, 5.74) is 2.86. The fourth-order valence-corrected chi connectivity index (χ4v) is 14.2. The molecule has 8 aromatic rings. The van der Waals surface area contributed by atoms with Crippen molar-refractivity contribution in [3.63, 3.8) is 0 Å². The summed E-state index contributed by atoms with van der Waals surface area (Å²) in [6.45, 7) is -1.94. The Hall–Kier alpha value is -6.42. The summed E-state index contributed by atoms with van der Waals surface area (Å²) in [5.74, 6) is 1.68. The van der Waals surface area contributed by atoms with Crippen LogP contribution in [-0.4, -0.2) is 8.07 Å². The number of para-hydroxylation sites is 4. The van der Waals surface area contributed by atoms with Gasteiger partial charge in [-0.25, -0.2) is 0 Å². The Morgan fingerprint density at radius 2 is 0.831 bits per heavy atom. The van der Waals surface area contributed by atoms with E-state index in [-0.39, 0.29) is 5.56 Å². The van der Waals surface area contributed by atoms with Crippen LogP contribution < -0.4 is 30.2 Å². The van der Waals surface area contributed by atoms with Gasteiger partial charge in [-0.2, -0.15) is 0 Å². The van der Waals surface area contributed by atoms with Gasteiger partial charge in [-0.05, 0) is 68.9 Å². The third-order valence-corrected chi connectivity index (χ3v) is 17.3. The molecule has 2 aliphatic heterocycles. The van der Waals surface area contributed by atoms with Gasteiger partial charge in [0.2, 0.25) is 0 Å². The van der Waals surface area contributed by atoms with E-state index in [9.17, 15) is 0 Å². The molecule has 0 spiro atoms. The van der Waals surface area contributed by atoms with E-state index < -0.39 is 39.5 Å². The van der Waals surface area contributed by atoms with Crippen LogP contribution >= 0.6 is 0 Å². The first kappa shape index (κ1) is 28.1. The predicted octanol–water partition coefficient (Wildman–Crippen LogP) is 11.9. The van der Waals surface area contributed by atoms with Crippen LogP contribution in [0.3, 0.4) is 0 Å². The zero-order valence-electron chi connectivity index (χ0n) is 42.1. The summed E-state index contributed by atoms with van der Waals surface area (Å²) in [6.07, 6.45) is 0. The Morgan fingerprint density at radius 1 is 0.407 bits per heavy atom. The van der Waals surface area contributed by atoms with Gasteiger partial charge in [0.25, 0.3) is 0 Å². The second-order valence-corrected chi connectivity index (χ2v) is 19.9. The summed E-state index contributed by atoms with van der Waals surface area (Å²) in [7, 11) is -3.48. The highest BCUT2D eigenvalue weighted by molar-refractivity contribution is 7.20. The van der Waals surface area contributed by atoms with E-state index in [4.69, 9.17) is 21.8 Å².